The van der Waals surface area contributed by atoms with E-state index in [0.29, 0.717) is 18.0 Å². The van der Waals surface area contributed by atoms with Gasteiger partial charge in [-0.1, -0.05) is 18.5 Å². The molecule has 0 bridgehead atoms. The zero-order valence-electron chi connectivity index (χ0n) is 9.56. The van der Waals surface area contributed by atoms with E-state index in [9.17, 15) is 8.42 Å². The van der Waals surface area contributed by atoms with Crippen LogP contribution >= 0.6 is 11.6 Å². The highest BCUT2D eigenvalue weighted by atomic mass is 35.5. The van der Waals surface area contributed by atoms with Gasteiger partial charge in [0.15, 0.2) is 0 Å². The molecule has 0 saturated carbocycles. The Bertz CT molecular complexity index is 444. The molecule has 0 fully saturated rings. The van der Waals surface area contributed by atoms with Crippen molar-refractivity contribution in [2.24, 2.45) is 5.92 Å². The van der Waals surface area contributed by atoms with Crippen molar-refractivity contribution in [3.63, 3.8) is 0 Å². The van der Waals surface area contributed by atoms with Gasteiger partial charge in [-0.05, 0) is 36.6 Å². The fraction of sp³-hybridized carbons (Fsp3) is 0.455. The maximum absolute atomic E-state index is 11.8. The molecule has 1 rings (SSSR count). The molecule has 0 heterocycles. The van der Waals surface area contributed by atoms with E-state index in [2.05, 4.69) is 4.72 Å². The number of hydrogen-bond donors (Lipinski definition) is 2. The largest absolute Gasteiger partial charge is 0.396 e. The Kier molecular flexibility index (Phi) is 5.39. The normalized spacial score (nSPS) is 13.6. The molecule has 4 nitrogen and oxygen atoms in total. The number of hydrogen-bond acceptors (Lipinski definition) is 3. The second-order valence-corrected chi connectivity index (χ2v) is 6.13. The van der Waals surface area contributed by atoms with Gasteiger partial charge in [0.1, 0.15) is 0 Å². The lowest BCUT2D eigenvalue weighted by molar-refractivity contribution is 0.263. The number of halogens is 1. The van der Waals surface area contributed by atoms with Gasteiger partial charge in [-0.3, -0.25) is 0 Å². The summed E-state index contributed by atoms with van der Waals surface area (Å²) in [6, 6.07) is 5.99. The van der Waals surface area contributed by atoms with Crippen LogP contribution in [-0.4, -0.2) is 26.7 Å². The molecule has 0 amide bonds. The van der Waals surface area contributed by atoms with Crippen LogP contribution in [0.5, 0.6) is 0 Å². The summed E-state index contributed by atoms with van der Waals surface area (Å²) in [6.45, 7) is 2.25. The quantitative estimate of drug-likeness (QED) is 0.831. The van der Waals surface area contributed by atoms with Crippen LogP contribution in [0, 0.1) is 5.92 Å². The van der Waals surface area contributed by atoms with Crippen LogP contribution in [0.3, 0.4) is 0 Å². The minimum Gasteiger partial charge on any atom is -0.396 e. The van der Waals surface area contributed by atoms with Crippen LogP contribution < -0.4 is 4.72 Å². The summed E-state index contributed by atoms with van der Waals surface area (Å²) in [4.78, 5) is 0.193. The van der Waals surface area contributed by atoms with Gasteiger partial charge in [-0.15, -0.1) is 0 Å². The molecule has 0 aliphatic carbocycles. The first-order chi connectivity index (χ1) is 7.95. The molecule has 0 aromatic heterocycles. The van der Waals surface area contributed by atoms with Crippen molar-refractivity contribution < 1.29 is 13.5 Å². The summed E-state index contributed by atoms with van der Waals surface area (Å²) < 4.78 is 26.2. The summed E-state index contributed by atoms with van der Waals surface area (Å²) >= 11 is 5.69. The molecule has 0 radical (unpaired) electrons. The maximum Gasteiger partial charge on any atom is 0.240 e. The van der Waals surface area contributed by atoms with E-state index in [1.54, 1.807) is 0 Å². The topological polar surface area (TPSA) is 66.4 Å². The highest BCUT2D eigenvalue weighted by Gasteiger charge is 2.14. The van der Waals surface area contributed by atoms with E-state index >= 15 is 0 Å². The highest BCUT2D eigenvalue weighted by molar-refractivity contribution is 7.89. The summed E-state index contributed by atoms with van der Waals surface area (Å²) in [5, 5.41) is 9.22. The molecule has 0 aliphatic heterocycles. The Hall–Kier alpha value is -0.620. The van der Waals surface area contributed by atoms with Crippen LogP contribution in [0.2, 0.25) is 5.02 Å². The van der Waals surface area contributed by atoms with Crippen LogP contribution in [-0.2, 0) is 10.0 Å². The summed E-state index contributed by atoms with van der Waals surface area (Å²) in [6.07, 6.45) is 0.573. The number of benzene rings is 1. The molecule has 0 saturated heterocycles. The molecule has 1 aromatic rings. The fourth-order valence-electron chi connectivity index (χ4n) is 1.27. The van der Waals surface area contributed by atoms with E-state index in [1.165, 1.54) is 24.3 Å². The predicted molar refractivity (Wildman–Crippen MR) is 67.5 cm³/mol. The third-order valence-electron chi connectivity index (χ3n) is 2.37. The van der Waals surface area contributed by atoms with Crippen molar-refractivity contribution in [2.75, 3.05) is 13.2 Å². The minimum atomic E-state index is -3.48. The van der Waals surface area contributed by atoms with Gasteiger partial charge < -0.3 is 5.11 Å². The zero-order valence-corrected chi connectivity index (χ0v) is 11.1. The summed E-state index contributed by atoms with van der Waals surface area (Å²) in [5.41, 5.74) is 0. The van der Waals surface area contributed by atoms with Gasteiger partial charge in [0.2, 0.25) is 10.0 Å². The Balaban J connectivity index is 2.66. The van der Waals surface area contributed by atoms with Crippen LogP contribution in [0.25, 0.3) is 0 Å². The molecule has 0 spiro atoms. The standard InChI is InChI=1S/C11H16ClNO3S/c1-9(6-7-14)8-13-17(15,16)11-4-2-10(12)3-5-11/h2-5,9,13-14H,6-8H2,1H3. The molecule has 17 heavy (non-hydrogen) atoms. The first-order valence-electron chi connectivity index (χ1n) is 5.32. The molecule has 0 aliphatic rings. The minimum absolute atomic E-state index is 0.0594. The van der Waals surface area contributed by atoms with E-state index in [0.717, 1.165) is 0 Å². The van der Waals surface area contributed by atoms with Gasteiger partial charge in [-0.25, -0.2) is 13.1 Å². The Morgan fingerprint density at radius 1 is 1.35 bits per heavy atom. The molecular weight excluding hydrogens is 262 g/mol. The number of aliphatic hydroxyl groups is 1. The van der Waals surface area contributed by atoms with Crippen LogP contribution in [0.15, 0.2) is 29.2 Å². The highest BCUT2D eigenvalue weighted by Crippen LogP contribution is 2.14. The van der Waals surface area contributed by atoms with Crippen LogP contribution in [0.1, 0.15) is 13.3 Å². The molecule has 96 valence electrons. The van der Waals surface area contributed by atoms with Gasteiger partial charge >= 0.3 is 0 Å². The molecule has 1 unspecified atom stereocenters. The van der Waals surface area contributed by atoms with Crippen molar-refractivity contribution in [1.82, 2.24) is 4.72 Å². The predicted octanol–water partition coefficient (Wildman–Crippen LogP) is 1.64. The van der Waals surface area contributed by atoms with E-state index in [-0.39, 0.29) is 17.4 Å². The number of rotatable bonds is 6. The Morgan fingerprint density at radius 3 is 2.47 bits per heavy atom. The SMILES string of the molecule is CC(CCO)CNS(=O)(=O)c1ccc(Cl)cc1. The van der Waals surface area contributed by atoms with Crippen molar-refractivity contribution in [3.8, 4) is 0 Å². The first-order valence-corrected chi connectivity index (χ1v) is 7.18. The Labute approximate surface area is 107 Å². The molecule has 1 atom stereocenters. The van der Waals surface area contributed by atoms with Crippen molar-refractivity contribution in [1.29, 1.82) is 0 Å². The van der Waals surface area contributed by atoms with E-state index in [1.807, 2.05) is 6.92 Å². The van der Waals surface area contributed by atoms with Gasteiger partial charge in [0.25, 0.3) is 0 Å². The lowest BCUT2D eigenvalue weighted by Gasteiger charge is -2.11. The third-order valence-corrected chi connectivity index (χ3v) is 4.06. The first kappa shape index (κ1) is 14.4. The molecular formula is C11H16ClNO3S. The second kappa shape index (κ2) is 6.35. The number of sulfonamides is 1. The maximum atomic E-state index is 11.8. The second-order valence-electron chi connectivity index (χ2n) is 3.92. The number of nitrogens with one attached hydrogen (secondary N) is 1. The van der Waals surface area contributed by atoms with Crippen molar-refractivity contribution in [2.45, 2.75) is 18.2 Å². The third kappa shape index (κ3) is 4.63. The number of aliphatic hydroxyl groups excluding tert-OH is 1. The average Bonchev–Trinajstić information content (AvgIpc) is 2.28. The van der Waals surface area contributed by atoms with E-state index < -0.39 is 10.0 Å². The molecule has 2 N–H and O–H groups in total. The average molecular weight is 278 g/mol. The van der Waals surface area contributed by atoms with Crippen LogP contribution in [0.4, 0.5) is 0 Å². The lowest BCUT2D eigenvalue weighted by Crippen LogP contribution is -2.28. The smallest absolute Gasteiger partial charge is 0.240 e. The van der Waals surface area contributed by atoms with Crippen molar-refractivity contribution >= 4 is 21.6 Å². The zero-order chi connectivity index (χ0) is 12.9. The summed E-state index contributed by atoms with van der Waals surface area (Å²) in [5.74, 6) is 0.0991. The molecule has 6 heteroatoms. The van der Waals surface area contributed by atoms with Gasteiger partial charge in [-0.2, -0.15) is 0 Å². The van der Waals surface area contributed by atoms with E-state index in [4.69, 9.17) is 16.7 Å². The van der Waals surface area contributed by atoms with Crippen molar-refractivity contribution in [3.05, 3.63) is 29.3 Å². The Morgan fingerprint density at radius 2 is 1.94 bits per heavy atom. The van der Waals surface area contributed by atoms with Gasteiger partial charge in [0.05, 0.1) is 4.90 Å². The lowest BCUT2D eigenvalue weighted by atomic mass is 10.1. The van der Waals surface area contributed by atoms with Gasteiger partial charge in [0, 0.05) is 18.2 Å². The summed E-state index contributed by atoms with van der Waals surface area (Å²) in [7, 11) is -3.48. The molecule has 1 aromatic carbocycles. The monoisotopic (exact) mass is 277 g/mol. The fourth-order valence-corrected chi connectivity index (χ4v) is 2.56.